The van der Waals surface area contributed by atoms with E-state index in [1.807, 2.05) is 37.8 Å². The van der Waals surface area contributed by atoms with E-state index in [0.29, 0.717) is 17.1 Å². The van der Waals surface area contributed by atoms with E-state index in [-0.39, 0.29) is 5.91 Å². The molecule has 1 amide bonds. The number of hydrogen-bond acceptors (Lipinski definition) is 3. The molecule has 1 aromatic carbocycles. The van der Waals surface area contributed by atoms with Crippen LogP contribution in [0.15, 0.2) is 49.1 Å². The van der Waals surface area contributed by atoms with Gasteiger partial charge >= 0.3 is 0 Å². The topological polar surface area (TPSA) is 51.0 Å². The molecule has 1 aliphatic heterocycles. The summed E-state index contributed by atoms with van der Waals surface area (Å²) in [6, 6.07) is 7.47. The van der Waals surface area contributed by atoms with Crippen molar-refractivity contribution in [3.8, 4) is 0 Å². The van der Waals surface area contributed by atoms with E-state index in [2.05, 4.69) is 10.1 Å². The smallest absolute Gasteiger partial charge is 0.258 e. The fourth-order valence-electron chi connectivity index (χ4n) is 3.22. The van der Waals surface area contributed by atoms with Crippen LogP contribution in [-0.2, 0) is 19.9 Å². The number of hydrogen-bond donors (Lipinski definition) is 0. The molecule has 0 saturated carbocycles. The highest BCUT2D eigenvalue weighted by Crippen LogP contribution is 2.27. The highest BCUT2D eigenvalue weighted by atomic mass is 35.5. The van der Waals surface area contributed by atoms with Crippen molar-refractivity contribution in [3.63, 3.8) is 0 Å². The zero-order chi connectivity index (χ0) is 17.4. The summed E-state index contributed by atoms with van der Waals surface area (Å²) in [6.07, 6.45) is 8.93. The number of nitrogens with zero attached hydrogens (tertiary/aromatic N) is 4. The lowest BCUT2D eigenvalue weighted by atomic mass is 9.98. The number of halogens is 1. The summed E-state index contributed by atoms with van der Waals surface area (Å²) < 4.78 is 1.78. The number of fused-ring (bicyclic) bond motifs is 1. The van der Waals surface area contributed by atoms with Gasteiger partial charge in [-0.15, -0.1) is 0 Å². The molecular formula is C19H17ClN4O. The average Bonchev–Trinajstić information content (AvgIpc) is 3.00. The average molecular weight is 353 g/mol. The minimum atomic E-state index is -0.00163. The number of benzene rings is 1. The molecule has 4 rings (SSSR count). The van der Waals surface area contributed by atoms with Crippen LogP contribution in [0.3, 0.4) is 0 Å². The molecule has 6 heteroatoms. The molecular weight excluding hydrogens is 336 g/mol. The van der Waals surface area contributed by atoms with Gasteiger partial charge in [-0.05, 0) is 47.4 Å². The first-order chi connectivity index (χ1) is 12.1. The molecule has 5 nitrogen and oxygen atoms in total. The zero-order valence-electron chi connectivity index (χ0n) is 13.8. The zero-order valence-corrected chi connectivity index (χ0v) is 14.6. The molecule has 0 fully saturated rings. The lowest BCUT2D eigenvalue weighted by molar-refractivity contribution is 0.0980. The molecule has 0 unspecified atom stereocenters. The second-order valence-corrected chi connectivity index (χ2v) is 6.70. The summed E-state index contributed by atoms with van der Waals surface area (Å²) in [4.78, 5) is 19.0. The molecule has 126 valence electrons. The Balaban J connectivity index is 1.61. The van der Waals surface area contributed by atoms with E-state index < -0.39 is 0 Å². The van der Waals surface area contributed by atoms with Crippen molar-refractivity contribution in [1.82, 2.24) is 14.8 Å². The third kappa shape index (κ3) is 3.15. The summed E-state index contributed by atoms with van der Waals surface area (Å²) in [6.45, 7) is 0.629. The van der Waals surface area contributed by atoms with Gasteiger partial charge in [-0.1, -0.05) is 11.6 Å². The fourth-order valence-corrected chi connectivity index (χ4v) is 3.42. The minimum absolute atomic E-state index is 0.00163. The number of pyridine rings is 1. The maximum atomic E-state index is 12.8. The third-order valence-electron chi connectivity index (χ3n) is 4.41. The third-order valence-corrected chi connectivity index (χ3v) is 4.64. The lowest BCUT2D eigenvalue weighted by Crippen LogP contribution is -2.37. The molecule has 3 aromatic rings. The van der Waals surface area contributed by atoms with Crippen LogP contribution >= 0.6 is 11.6 Å². The Hall–Kier alpha value is -2.66. The number of amides is 1. The lowest BCUT2D eigenvalue weighted by Gasteiger charge is -2.28. The van der Waals surface area contributed by atoms with Crippen LogP contribution < -0.4 is 4.90 Å². The molecule has 0 bridgehead atoms. The van der Waals surface area contributed by atoms with Crippen LogP contribution in [0, 0.1) is 0 Å². The first-order valence-corrected chi connectivity index (χ1v) is 8.50. The summed E-state index contributed by atoms with van der Waals surface area (Å²) >= 11 is 6.04. The SMILES string of the molecule is Cn1cc(Cc2cncc(N3CCc4cc(Cl)ccc4C3=O)c2)cn1. The van der Waals surface area contributed by atoms with Crippen molar-refractivity contribution in [2.75, 3.05) is 11.4 Å². The van der Waals surface area contributed by atoms with E-state index in [0.717, 1.165) is 35.2 Å². The van der Waals surface area contributed by atoms with Gasteiger partial charge in [0.05, 0.1) is 18.1 Å². The van der Waals surface area contributed by atoms with E-state index in [1.54, 1.807) is 27.9 Å². The quantitative estimate of drug-likeness (QED) is 0.727. The van der Waals surface area contributed by atoms with Gasteiger partial charge in [0.1, 0.15) is 0 Å². The normalized spacial score (nSPS) is 13.8. The molecule has 0 radical (unpaired) electrons. The molecule has 0 atom stereocenters. The fraction of sp³-hybridized carbons (Fsp3) is 0.211. The van der Waals surface area contributed by atoms with Gasteiger partial charge in [0.25, 0.3) is 5.91 Å². The number of carbonyl (C=O) groups excluding carboxylic acids is 1. The van der Waals surface area contributed by atoms with Crippen molar-refractivity contribution in [3.05, 3.63) is 76.3 Å². The molecule has 0 aliphatic carbocycles. The van der Waals surface area contributed by atoms with Gasteiger partial charge < -0.3 is 4.90 Å². The Morgan fingerprint density at radius 2 is 2.04 bits per heavy atom. The van der Waals surface area contributed by atoms with Gasteiger partial charge in [-0.25, -0.2) is 0 Å². The Kier molecular flexibility index (Phi) is 4.01. The molecule has 2 aromatic heterocycles. The molecule has 25 heavy (non-hydrogen) atoms. The van der Waals surface area contributed by atoms with E-state index in [4.69, 9.17) is 11.6 Å². The number of aryl methyl sites for hydroxylation is 1. The molecule has 1 aliphatic rings. The Labute approximate surface area is 150 Å². The standard InChI is InChI=1S/C19H17ClN4O/c1-23-12-14(10-22-23)6-13-7-17(11-21-9-13)24-5-4-15-8-16(20)2-3-18(15)19(24)25/h2-3,7-12H,4-6H2,1H3. The maximum absolute atomic E-state index is 12.8. The van der Waals surface area contributed by atoms with Gasteiger partial charge in [-0.2, -0.15) is 5.10 Å². The van der Waals surface area contributed by atoms with E-state index in [9.17, 15) is 4.79 Å². The largest absolute Gasteiger partial charge is 0.306 e. The van der Waals surface area contributed by atoms with Gasteiger partial charge in [0.15, 0.2) is 0 Å². The van der Waals surface area contributed by atoms with Gasteiger partial charge in [0.2, 0.25) is 0 Å². The molecule has 0 N–H and O–H groups in total. The van der Waals surface area contributed by atoms with E-state index in [1.165, 1.54) is 0 Å². The summed E-state index contributed by atoms with van der Waals surface area (Å²) in [5.74, 6) is -0.00163. The second-order valence-electron chi connectivity index (χ2n) is 6.26. The van der Waals surface area contributed by atoms with Crippen molar-refractivity contribution >= 4 is 23.2 Å². The first kappa shape index (κ1) is 15.8. The number of rotatable bonds is 3. The minimum Gasteiger partial charge on any atom is -0.306 e. The summed E-state index contributed by atoms with van der Waals surface area (Å²) in [7, 11) is 1.90. The second kappa shape index (κ2) is 6.33. The predicted molar refractivity (Wildman–Crippen MR) is 97.1 cm³/mol. The maximum Gasteiger partial charge on any atom is 0.258 e. The molecule has 0 spiro atoms. The van der Waals surface area contributed by atoms with Gasteiger partial charge in [0, 0.05) is 43.0 Å². The molecule has 3 heterocycles. The van der Waals surface area contributed by atoms with Crippen molar-refractivity contribution in [1.29, 1.82) is 0 Å². The number of carbonyl (C=O) groups is 1. The summed E-state index contributed by atoms with van der Waals surface area (Å²) in [5.41, 5.74) is 4.72. The first-order valence-electron chi connectivity index (χ1n) is 8.12. The van der Waals surface area contributed by atoms with Crippen LogP contribution in [0.2, 0.25) is 5.02 Å². The Morgan fingerprint density at radius 1 is 1.16 bits per heavy atom. The Bertz CT molecular complexity index is 950. The van der Waals surface area contributed by atoms with Crippen molar-refractivity contribution in [2.24, 2.45) is 7.05 Å². The molecule has 0 saturated heterocycles. The van der Waals surface area contributed by atoms with Crippen molar-refractivity contribution < 1.29 is 4.79 Å². The van der Waals surface area contributed by atoms with Crippen LogP contribution in [0.25, 0.3) is 0 Å². The predicted octanol–water partition coefficient (Wildman–Crippen LogP) is 3.26. The van der Waals surface area contributed by atoms with Crippen molar-refractivity contribution in [2.45, 2.75) is 12.8 Å². The highest BCUT2D eigenvalue weighted by Gasteiger charge is 2.25. The van der Waals surface area contributed by atoms with Crippen LogP contribution in [0.1, 0.15) is 27.0 Å². The monoisotopic (exact) mass is 352 g/mol. The Morgan fingerprint density at radius 3 is 2.84 bits per heavy atom. The van der Waals surface area contributed by atoms with Crippen LogP contribution in [0.4, 0.5) is 5.69 Å². The number of anilines is 1. The summed E-state index contributed by atoms with van der Waals surface area (Å²) in [5, 5.41) is 4.86. The highest BCUT2D eigenvalue weighted by molar-refractivity contribution is 6.30. The van der Waals surface area contributed by atoms with Crippen LogP contribution in [-0.4, -0.2) is 27.2 Å². The van der Waals surface area contributed by atoms with Crippen LogP contribution in [0.5, 0.6) is 0 Å². The van der Waals surface area contributed by atoms with E-state index >= 15 is 0 Å². The number of aromatic nitrogens is 3. The van der Waals surface area contributed by atoms with Gasteiger partial charge in [-0.3, -0.25) is 14.5 Å².